The van der Waals surface area contributed by atoms with E-state index in [-0.39, 0.29) is 68.6 Å². The summed E-state index contributed by atoms with van der Waals surface area (Å²) in [6.07, 6.45) is 2.83. The molecular weight excluding hydrogens is 611 g/mol. The summed E-state index contributed by atoms with van der Waals surface area (Å²) in [6.45, 7) is 5.68. The van der Waals surface area contributed by atoms with E-state index in [1.807, 2.05) is 0 Å². The van der Waals surface area contributed by atoms with E-state index in [4.69, 9.17) is 9.47 Å². The Bertz CT molecular complexity index is 1470. The summed E-state index contributed by atoms with van der Waals surface area (Å²) >= 11 is 0. The number of nitrogens with zero attached hydrogens (tertiary/aromatic N) is 4. The number of hydrogen-bond acceptors (Lipinski definition) is 8. The van der Waals surface area contributed by atoms with Crippen molar-refractivity contribution in [3.63, 3.8) is 0 Å². The van der Waals surface area contributed by atoms with Crippen LogP contribution >= 0.6 is 0 Å². The van der Waals surface area contributed by atoms with Gasteiger partial charge in [0.25, 0.3) is 5.91 Å². The first-order valence-corrected chi connectivity index (χ1v) is 15.6. The number of amides is 5. The molecule has 5 amide bonds. The number of pyridine rings is 1. The molecule has 2 aromatic rings. The fourth-order valence-corrected chi connectivity index (χ4v) is 5.56. The Labute approximate surface area is 273 Å². The summed E-state index contributed by atoms with van der Waals surface area (Å²) in [4.78, 5) is 74.5. The highest BCUT2D eigenvalue weighted by Crippen LogP contribution is 2.26. The van der Waals surface area contributed by atoms with Gasteiger partial charge in [0.15, 0.2) is 0 Å². The maximum Gasteiger partial charge on any atom is 0.407 e. The van der Waals surface area contributed by atoms with Crippen LogP contribution in [0.5, 0.6) is 5.75 Å². The van der Waals surface area contributed by atoms with E-state index in [1.54, 1.807) is 57.2 Å². The molecule has 0 bridgehead atoms. The number of nitrogens with one attached hydrogen (secondary N) is 2. The van der Waals surface area contributed by atoms with Gasteiger partial charge in [0.1, 0.15) is 29.8 Å². The van der Waals surface area contributed by atoms with Crippen LogP contribution in [0.25, 0.3) is 0 Å². The van der Waals surface area contributed by atoms with Crippen molar-refractivity contribution in [3.8, 4) is 5.75 Å². The fourth-order valence-electron chi connectivity index (χ4n) is 5.56. The largest absolute Gasteiger partial charge is 0.491 e. The van der Waals surface area contributed by atoms with Crippen molar-refractivity contribution in [2.75, 3.05) is 33.8 Å². The van der Waals surface area contributed by atoms with Crippen LogP contribution in [0.3, 0.4) is 0 Å². The highest BCUT2D eigenvalue weighted by atomic mass is 19.1. The van der Waals surface area contributed by atoms with Crippen LogP contribution in [-0.4, -0.2) is 107 Å². The van der Waals surface area contributed by atoms with Gasteiger partial charge in [-0.1, -0.05) is 0 Å². The molecule has 2 aliphatic rings. The molecule has 1 fully saturated rings. The maximum absolute atomic E-state index is 14.5. The van der Waals surface area contributed by atoms with Crippen molar-refractivity contribution in [1.29, 1.82) is 0 Å². The molecule has 1 saturated heterocycles. The van der Waals surface area contributed by atoms with Crippen molar-refractivity contribution in [1.82, 2.24) is 30.3 Å². The molecule has 0 spiro atoms. The Balaban J connectivity index is 1.60. The SMILES string of the molecule is CN1CCC(=O)N2C[C@H](NC(=O)OC(C)(C)C)C[C@H]2COc2ccc(F)cc2C(=O)N(C)[C@H](C(=O)NCc2ccncc2)CCC1=O. The lowest BCUT2D eigenvalue weighted by Gasteiger charge is -2.30. The zero-order valence-corrected chi connectivity index (χ0v) is 27.5. The molecule has 2 aliphatic heterocycles. The number of halogens is 1. The Morgan fingerprint density at radius 2 is 1.79 bits per heavy atom. The van der Waals surface area contributed by atoms with E-state index in [1.165, 1.54) is 22.9 Å². The average molecular weight is 655 g/mol. The van der Waals surface area contributed by atoms with Crippen LogP contribution in [0.15, 0.2) is 42.7 Å². The quantitative estimate of drug-likeness (QED) is 0.511. The molecule has 3 atom stereocenters. The van der Waals surface area contributed by atoms with Gasteiger partial charge in [-0.2, -0.15) is 0 Å². The standard InChI is InChI=1S/C33H43FN6O7/c1-33(2,3)47-32(45)37-23-17-24-20-46-27-8-6-22(34)16-25(27)31(44)39(5)26(30(43)36-18-21-10-13-35-14-11-21)7-9-28(41)38(4)15-12-29(42)40(24)19-23/h6,8,10-11,13-14,16,23-24,26H,7,9,12,15,17-20H2,1-5H3,(H,36,43)(H,37,45)/t23-,24+,26+/m1/s1. The first-order valence-electron chi connectivity index (χ1n) is 15.6. The number of alkyl carbamates (subject to hydrolysis) is 1. The number of carbonyl (C=O) groups excluding carboxylic acids is 5. The van der Waals surface area contributed by atoms with Crippen molar-refractivity contribution in [2.24, 2.45) is 0 Å². The molecule has 14 heteroatoms. The monoisotopic (exact) mass is 654 g/mol. The highest BCUT2D eigenvalue weighted by molar-refractivity contribution is 5.99. The summed E-state index contributed by atoms with van der Waals surface area (Å²) in [5.41, 5.74) is -0.0324. The van der Waals surface area contributed by atoms with Crippen molar-refractivity contribution in [2.45, 2.75) is 76.7 Å². The average Bonchev–Trinajstić information content (AvgIpc) is 3.42. The third-order valence-corrected chi connectivity index (χ3v) is 8.08. The van der Waals surface area contributed by atoms with Gasteiger partial charge in [0.2, 0.25) is 17.7 Å². The number of hydrogen-bond donors (Lipinski definition) is 2. The number of aromatic nitrogens is 1. The molecular formula is C33H43FN6O7. The molecule has 0 saturated carbocycles. The molecule has 13 nitrogen and oxygen atoms in total. The van der Waals surface area contributed by atoms with Gasteiger partial charge in [0.05, 0.1) is 17.6 Å². The molecule has 47 heavy (non-hydrogen) atoms. The van der Waals surface area contributed by atoms with Crippen LogP contribution in [0.1, 0.15) is 62.4 Å². The fraction of sp³-hybridized carbons (Fsp3) is 0.515. The lowest BCUT2D eigenvalue weighted by molar-refractivity contribution is -0.134. The second-order valence-corrected chi connectivity index (χ2v) is 12.8. The molecule has 0 radical (unpaired) electrons. The Kier molecular flexibility index (Phi) is 11.4. The minimum absolute atomic E-state index is 0.0146. The molecule has 2 N–H and O–H groups in total. The number of fused-ring (bicyclic) bond motifs is 2. The summed E-state index contributed by atoms with van der Waals surface area (Å²) in [7, 11) is 3.00. The Morgan fingerprint density at radius 1 is 1.06 bits per heavy atom. The molecule has 0 aliphatic carbocycles. The van der Waals surface area contributed by atoms with Gasteiger partial charge in [-0.05, 0) is 69.5 Å². The number of benzene rings is 1. The summed E-state index contributed by atoms with van der Waals surface area (Å²) < 4.78 is 26.0. The minimum atomic E-state index is -1.07. The van der Waals surface area contributed by atoms with Gasteiger partial charge >= 0.3 is 6.09 Å². The summed E-state index contributed by atoms with van der Waals surface area (Å²) in [5.74, 6) is -2.35. The van der Waals surface area contributed by atoms with E-state index in [0.29, 0.717) is 6.42 Å². The smallest absolute Gasteiger partial charge is 0.407 e. The first-order chi connectivity index (χ1) is 22.2. The van der Waals surface area contributed by atoms with Gasteiger partial charge < -0.3 is 34.8 Å². The molecule has 1 aromatic carbocycles. The summed E-state index contributed by atoms with van der Waals surface area (Å²) in [6, 6.07) is 4.99. The predicted molar refractivity (Wildman–Crippen MR) is 169 cm³/mol. The third-order valence-electron chi connectivity index (χ3n) is 8.08. The second kappa shape index (κ2) is 15.2. The maximum atomic E-state index is 14.5. The van der Waals surface area contributed by atoms with Crippen LogP contribution in [0, 0.1) is 5.82 Å². The Morgan fingerprint density at radius 3 is 2.49 bits per heavy atom. The zero-order valence-electron chi connectivity index (χ0n) is 27.5. The van der Waals surface area contributed by atoms with Crippen molar-refractivity contribution < 1.29 is 37.8 Å². The molecule has 254 valence electrons. The minimum Gasteiger partial charge on any atom is -0.491 e. The Hall–Kier alpha value is -4.75. The number of ether oxygens (including phenoxy) is 2. The highest BCUT2D eigenvalue weighted by Gasteiger charge is 2.38. The molecule has 1 aromatic heterocycles. The van der Waals surface area contributed by atoms with Crippen LogP contribution in [0.2, 0.25) is 0 Å². The second-order valence-electron chi connectivity index (χ2n) is 12.8. The third kappa shape index (κ3) is 9.63. The normalized spacial score (nSPS) is 21.4. The first kappa shape index (κ1) is 35.1. The van der Waals surface area contributed by atoms with E-state index in [9.17, 15) is 28.4 Å². The van der Waals surface area contributed by atoms with Gasteiger partial charge in [-0.3, -0.25) is 24.2 Å². The van der Waals surface area contributed by atoms with Gasteiger partial charge in [-0.15, -0.1) is 0 Å². The van der Waals surface area contributed by atoms with E-state index < -0.39 is 47.5 Å². The predicted octanol–water partition coefficient (Wildman–Crippen LogP) is 2.49. The number of rotatable bonds is 4. The molecule has 3 heterocycles. The number of carbonyl (C=O) groups is 5. The van der Waals surface area contributed by atoms with Crippen LogP contribution in [-0.2, 0) is 25.7 Å². The summed E-state index contributed by atoms with van der Waals surface area (Å²) in [5, 5.41) is 5.63. The van der Waals surface area contributed by atoms with Crippen molar-refractivity contribution >= 4 is 29.7 Å². The number of likely N-dealkylation sites (N-methyl/N-ethyl adjacent to an activating group) is 1. The van der Waals surface area contributed by atoms with Gasteiger partial charge in [-0.25, -0.2) is 9.18 Å². The topological polar surface area (TPSA) is 150 Å². The van der Waals surface area contributed by atoms with E-state index >= 15 is 0 Å². The lowest BCUT2D eigenvalue weighted by Crippen LogP contribution is -2.48. The van der Waals surface area contributed by atoms with Gasteiger partial charge in [0, 0.05) is 59.0 Å². The van der Waals surface area contributed by atoms with E-state index in [2.05, 4.69) is 15.6 Å². The van der Waals surface area contributed by atoms with Crippen molar-refractivity contribution in [3.05, 3.63) is 59.7 Å². The van der Waals surface area contributed by atoms with Crippen LogP contribution in [0.4, 0.5) is 9.18 Å². The molecule has 4 rings (SSSR count). The lowest BCUT2D eigenvalue weighted by atomic mass is 10.1. The molecule has 0 unspecified atom stereocenters. The van der Waals surface area contributed by atoms with Crippen LogP contribution < -0.4 is 15.4 Å². The van der Waals surface area contributed by atoms with E-state index in [0.717, 1.165) is 17.7 Å². The zero-order chi connectivity index (χ0) is 34.3.